The summed E-state index contributed by atoms with van der Waals surface area (Å²) in [5, 5.41) is 0. The van der Waals surface area contributed by atoms with Crippen molar-refractivity contribution in [3.63, 3.8) is 0 Å². The molecule has 0 heterocycles. The maximum atomic E-state index is 11.5. The van der Waals surface area contributed by atoms with Crippen molar-refractivity contribution in [1.29, 1.82) is 0 Å². The van der Waals surface area contributed by atoms with E-state index in [2.05, 4.69) is 13.8 Å². The van der Waals surface area contributed by atoms with Crippen molar-refractivity contribution in [1.82, 2.24) is 0 Å². The zero-order valence-electron chi connectivity index (χ0n) is 11.8. The minimum absolute atomic E-state index is 0.0869. The summed E-state index contributed by atoms with van der Waals surface area (Å²) in [5.74, 6) is 0.991. The van der Waals surface area contributed by atoms with Crippen molar-refractivity contribution < 1.29 is 14.3 Å². The smallest absolute Gasteiger partial charge is 0.337 e. The molecule has 18 heavy (non-hydrogen) atoms. The number of methoxy groups -OCH3 is 1. The van der Waals surface area contributed by atoms with Gasteiger partial charge in [-0.15, -0.1) is 0 Å². The van der Waals surface area contributed by atoms with Crippen molar-refractivity contribution in [3.05, 3.63) is 29.3 Å². The molecule has 0 N–H and O–H groups in total. The summed E-state index contributed by atoms with van der Waals surface area (Å²) in [6.07, 6.45) is 1.02. The number of ether oxygens (including phenoxy) is 2. The Kier molecular flexibility index (Phi) is 5.20. The molecule has 0 atom stereocenters. The van der Waals surface area contributed by atoms with Crippen molar-refractivity contribution >= 4 is 5.97 Å². The van der Waals surface area contributed by atoms with E-state index in [4.69, 9.17) is 9.47 Å². The van der Waals surface area contributed by atoms with Crippen LogP contribution in [0.25, 0.3) is 0 Å². The Balaban J connectivity index is 3.07. The average molecular weight is 250 g/mol. The van der Waals surface area contributed by atoms with Gasteiger partial charge in [0, 0.05) is 0 Å². The first-order valence-electron chi connectivity index (χ1n) is 6.32. The Labute approximate surface area is 109 Å². The van der Waals surface area contributed by atoms with Gasteiger partial charge in [-0.05, 0) is 43.9 Å². The van der Waals surface area contributed by atoms with E-state index in [0.29, 0.717) is 11.5 Å². The molecule has 0 bridgehead atoms. The zero-order valence-corrected chi connectivity index (χ0v) is 11.8. The largest absolute Gasteiger partial charge is 0.491 e. The molecule has 0 aliphatic carbocycles. The molecule has 0 spiro atoms. The number of carbonyl (C=O) groups excluding carboxylic acids is 1. The van der Waals surface area contributed by atoms with Crippen molar-refractivity contribution in [2.24, 2.45) is 5.92 Å². The second-order valence-corrected chi connectivity index (χ2v) is 5.08. The van der Waals surface area contributed by atoms with Crippen LogP contribution in [-0.4, -0.2) is 19.2 Å². The molecule has 0 saturated carbocycles. The molecule has 0 unspecified atom stereocenters. The van der Waals surface area contributed by atoms with Gasteiger partial charge >= 0.3 is 5.97 Å². The molecule has 0 saturated heterocycles. The Bertz CT molecular complexity index is 408. The summed E-state index contributed by atoms with van der Waals surface area (Å²) >= 11 is 0. The number of benzene rings is 1. The van der Waals surface area contributed by atoms with Crippen molar-refractivity contribution in [3.8, 4) is 5.75 Å². The van der Waals surface area contributed by atoms with Gasteiger partial charge in [-0.1, -0.05) is 19.9 Å². The Hall–Kier alpha value is -1.51. The fourth-order valence-corrected chi connectivity index (χ4v) is 1.77. The highest BCUT2D eigenvalue weighted by Gasteiger charge is 2.12. The molecule has 1 aromatic carbocycles. The predicted molar refractivity (Wildman–Crippen MR) is 72.1 cm³/mol. The molecule has 100 valence electrons. The van der Waals surface area contributed by atoms with Gasteiger partial charge in [0.15, 0.2) is 0 Å². The summed E-state index contributed by atoms with van der Waals surface area (Å²) < 4.78 is 10.5. The third-order valence-corrected chi connectivity index (χ3v) is 2.48. The van der Waals surface area contributed by atoms with Crippen LogP contribution in [0.4, 0.5) is 0 Å². The predicted octanol–water partition coefficient (Wildman–Crippen LogP) is 3.46. The lowest BCUT2D eigenvalue weighted by atomic mass is 10.0. The minimum atomic E-state index is -0.334. The number of esters is 1. The second-order valence-electron chi connectivity index (χ2n) is 5.08. The van der Waals surface area contributed by atoms with Crippen LogP contribution < -0.4 is 4.74 Å². The summed E-state index contributed by atoms with van der Waals surface area (Å²) in [6.45, 7) is 8.27. The molecular formula is C15H22O3. The highest BCUT2D eigenvalue weighted by Crippen LogP contribution is 2.25. The number of hydrogen-bond acceptors (Lipinski definition) is 3. The summed E-state index contributed by atoms with van der Waals surface area (Å²) in [4.78, 5) is 11.5. The van der Waals surface area contributed by atoms with Crippen LogP contribution >= 0.6 is 0 Å². The first-order valence-corrected chi connectivity index (χ1v) is 6.32. The standard InChI is InChI=1S/C15H22O3/c1-10(2)8-12-6-7-13(15(16)17-5)9-14(12)18-11(3)4/h6-7,9-11H,8H2,1-5H3. The first kappa shape index (κ1) is 14.6. The number of hydrogen-bond donors (Lipinski definition) is 0. The highest BCUT2D eigenvalue weighted by atomic mass is 16.5. The van der Waals surface area contributed by atoms with E-state index in [-0.39, 0.29) is 12.1 Å². The topological polar surface area (TPSA) is 35.5 Å². The van der Waals surface area contributed by atoms with E-state index in [1.807, 2.05) is 19.9 Å². The van der Waals surface area contributed by atoms with Gasteiger partial charge in [0.2, 0.25) is 0 Å². The van der Waals surface area contributed by atoms with E-state index in [9.17, 15) is 4.79 Å². The molecule has 0 radical (unpaired) electrons. The molecule has 0 aliphatic heterocycles. The Morgan fingerprint density at radius 3 is 2.39 bits per heavy atom. The lowest BCUT2D eigenvalue weighted by molar-refractivity contribution is 0.0600. The zero-order chi connectivity index (χ0) is 13.7. The van der Waals surface area contributed by atoms with Gasteiger partial charge < -0.3 is 9.47 Å². The molecule has 3 nitrogen and oxygen atoms in total. The first-order chi connectivity index (χ1) is 8.43. The van der Waals surface area contributed by atoms with Crippen LogP contribution in [0.5, 0.6) is 5.75 Å². The Morgan fingerprint density at radius 2 is 1.89 bits per heavy atom. The number of rotatable bonds is 5. The normalized spacial score (nSPS) is 10.8. The van der Waals surface area contributed by atoms with Crippen LogP contribution in [-0.2, 0) is 11.2 Å². The van der Waals surface area contributed by atoms with Crippen LogP contribution in [0.3, 0.4) is 0 Å². The highest BCUT2D eigenvalue weighted by molar-refractivity contribution is 5.89. The van der Waals surface area contributed by atoms with Gasteiger partial charge in [0.25, 0.3) is 0 Å². The fourth-order valence-electron chi connectivity index (χ4n) is 1.77. The molecule has 3 heteroatoms. The number of carbonyl (C=O) groups is 1. The van der Waals surface area contributed by atoms with E-state index >= 15 is 0 Å². The molecule has 0 amide bonds. The van der Waals surface area contributed by atoms with Gasteiger partial charge in [-0.25, -0.2) is 4.79 Å². The van der Waals surface area contributed by atoms with Gasteiger partial charge in [-0.2, -0.15) is 0 Å². The lowest BCUT2D eigenvalue weighted by Gasteiger charge is -2.16. The van der Waals surface area contributed by atoms with Crippen LogP contribution in [0.2, 0.25) is 0 Å². The molecule has 0 aromatic heterocycles. The summed E-state index contributed by atoms with van der Waals surface area (Å²) in [7, 11) is 1.38. The molecule has 1 aromatic rings. The van der Waals surface area contributed by atoms with Crippen LogP contribution in [0, 0.1) is 5.92 Å². The van der Waals surface area contributed by atoms with Crippen molar-refractivity contribution in [2.45, 2.75) is 40.2 Å². The van der Waals surface area contributed by atoms with Crippen LogP contribution in [0.1, 0.15) is 43.6 Å². The Morgan fingerprint density at radius 1 is 1.22 bits per heavy atom. The fraction of sp³-hybridized carbons (Fsp3) is 0.533. The van der Waals surface area contributed by atoms with Gasteiger partial charge in [0.1, 0.15) is 5.75 Å². The third-order valence-electron chi connectivity index (χ3n) is 2.48. The quantitative estimate of drug-likeness (QED) is 0.751. The summed E-state index contributed by atoms with van der Waals surface area (Å²) in [6, 6.07) is 5.50. The third kappa shape index (κ3) is 4.06. The average Bonchev–Trinajstić information content (AvgIpc) is 2.29. The molecule has 0 fully saturated rings. The van der Waals surface area contributed by atoms with Crippen molar-refractivity contribution in [2.75, 3.05) is 7.11 Å². The van der Waals surface area contributed by atoms with Crippen LogP contribution in [0.15, 0.2) is 18.2 Å². The summed E-state index contributed by atoms with van der Waals surface area (Å²) in [5.41, 5.74) is 1.66. The van der Waals surface area contributed by atoms with E-state index in [1.54, 1.807) is 12.1 Å². The van der Waals surface area contributed by atoms with Gasteiger partial charge in [0.05, 0.1) is 18.8 Å². The maximum absolute atomic E-state index is 11.5. The molecule has 0 aliphatic rings. The minimum Gasteiger partial charge on any atom is -0.491 e. The van der Waals surface area contributed by atoms with E-state index < -0.39 is 0 Å². The SMILES string of the molecule is COC(=O)c1ccc(CC(C)C)c(OC(C)C)c1. The molecular weight excluding hydrogens is 228 g/mol. The maximum Gasteiger partial charge on any atom is 0.337 e. The second kappa shape index (κ2) is 6.43. The monoisotopic (exact) mass is 250 g/mol. The van der Waals surface area contributed by atoms with Gasteiger partial charge in [-0.3, -0.25) is 0 Å². The van der Waals surface area contributed by atoms with E-state index in [1.165, 1.54) is 7.11 Å². The van der Waals surface area contributed by atoms with E-state index in [0.717, 1.165) is 17.7 Å². The molecule has 1 rings (SSSR count). The lowest BCUT2D eigenvalue weighted by Crippen LogP contribution is -2.10.